The number of epoxide rings is 1. The number of amides is 2. The van der Waals surface area contributed by atoms with Crippen molar-refractivity contribution in [2.24, 2.45) is 17.3 Å². The molecule has 3 heterocycles. The van der Waals surface area contributed by atoms with E-state index in [1.807, 2.05) is 20.8 Å². The molecule has 0 unspecified atom stereocenters. The molecule has 0 bridgehead atoms. The molecule has 5 rings (SSSR count). The Balaban J connectivity index is 1.11. The zero-order valence-electron chi connectivity index (χ0n) is 42.3. The van der Waals surface area contributed by atoms with Crippen LogP contribution >= 0.6 is 11.6 Å². The van der Waals surface area contributed by atoms with Crippen molar-refractivity contribution in [3.8, 4) is 5.75 Å². The monoisotopic (exact) mass is 1010 g/mol. The van der Waals surface area contributed by atoms with Crippen molar-refractivity contribution in [1.82, 2.24) is 20.4 Å². The molecule has 6 atom stereocenters. The van der Waals surface area contributed by atoms with Crippen molar-refractivity contribution >= 4 is 41.3 Å². The Labute approximate surface area is 424 Å². The van der Waals surface area contributed by atoms with E-state index in [0.717, 1.165) is 44.8 Å². The van der Waals surface area contributed by atoms with Gasteiger partial charge in [0.25, 0.3) is 0 Å². The SMILES string of the molecule is C=CCOC(=O)CCOCCOCCOCCN1CCN(Cc2ccc([C@H]3O[C@@H]3[C@@H](C)[C@@H]3CC=CC(=O)N[C@H](Cc4ccc(OC)c(Cl)c4)C(=O)NCC(C)(C)C(=O)O[C@@H](CC(C)C)C(=O)O3)cc2)CC1. The summed E-state index contributed by atoms with van der Waals surface area (Å²) >= 11 is 6.38. The number of nitrogens with zero attached hydrogens (tertiary/aromatic N) is 2. The number of benzene rings is 2. The first-order valence-electron chi connectivity index (χ1n) is 24.7. The topological polar surface area (TPSA) is 193 Å². The summed E-state index contributed by atoms with van der Waals surface area (Å²) in [6.45, 7) is 20.9. The van der Waals surface area contributed by atoms with Crippen LogP contribution in [0.25, 0.3) is 0 Å². The normalized spacial score (nSPS) is 23.0. The van der Waals surface area contributed by atoms with Crippen molar-refractivity contribution in [3.63, 3.8) is 0 Å². The van der Waals surface area contributed by atoms with Crippen LogP contribution < -0.4 is 15.4 Å². The molecule has 17 nitrogen and oxygen atoms in total. The van der Waals surface area contributed by atoms with Gasteiger partial charge in [-0.1, -0.05) is 81.4 Å². The Morgan fingerprint density at radius 2 is 1.56 bits per heavy atom. The van der Waals surface area contributed by atoms with Crippen molar-refractivity contribution in [2.45, 2.75) is 97.3 Å². The summed E-state index contributed by atoms with van der Waals surface area (Å²) in [5.41, 5.74) is 1.67. The van der Waals surface area contributed by atoms with Crippen LogP contribution in [0, 0.1) is 17.3 Å². The van der Waals surface area contributed by atoms with E-state index >= 15 is 0 Å². The largest absolute Gasteiger partial charge is 0.495 e. The first-order chi connectivity index (χ1) is 34.1. The molecule has 0 aliphatic carbocycles. The summed E-state index contributed by atoms with van der Waals surface area (Å²) in [6, 6.07) is 12.6. The minimum absolute atomic E-state index is 0.00836. The number of methoxy groups -OCH3 is 1. The molecule has 3 aliphatic heterocycles. The summed E-state index contributed by atoms with van der Waals surface area (Å²) in [7, 11) is 1.51. The van der Waals surface area contributed by atoms with Crippen molar-refractivity contribution in [2.75, 3.05) is 92.6 Å². The van der Waals surface area contributed by atoms with Gasteiger partial charge in [0.15, 0.2) is 6.10 Å². The van der Waals surface area contributed by atoms with Gasteiger partial charge in [-0.25, -0.2) is 4.79 Å². The summed E-state index contributed by atoms with van der Waals surface area (Å²) in [6.07, 6.45) is 2.79. The van der Waals surface area contributed by atoms with E-state index in [-0.39, 0.29) is 68.8 Å². The van der Waals surface area contributed by atoms with Gasteiger partial charge in [0.05, 0.1) is 69.7 Å². The van der Waals surface area contributed by atoms with E-state index < -0.39 is 47.4 Å². The van der Waals surface area contributed by atoms with E-state index in [4.69, 9.17) is 49.5 Å². The molecule has 2 aromatic rings. The molecule has 3 aliphatic rings. The number of esters is 3. The number of nitrogens with one attached hydrogen (secondary N) is 2. The molecule has 2 N–H and O–H groups in total. The fourth-order valence-electron chi connectivity index (χ4n) is 8.18. The third-order valence-electron chi connectivity index (χ3n) is 12.6. The number of halogens is 1. The number of hydrogen-bond acceptors (Lipinski definition) is 15. The molecule has 2 saturated heterocycles. The Morgan fingerprint density at radius 1 is 0.901 bits per heavy atom. The van der Waals surface area contributed by atoms with Gasteiger partial charge in [-0.2, -0.15) is 0 Å². The zero-order valence-corrected chi connectivity index (χ0v) is 43.1. The number of carbonyl (C=O) groups is 5. The molecular weight excluding hydrogens is 936 g/mol. The molecule has 0 radical (unpaired) electrons. The van der Waals surface area contributed by atoms with Crippen LogP contribution in [-0.4, -0.2) is 157 Å². The van der Waals surface area contributed by atoms with Gasteiger partial charge in [0, 0.05) is 64.6 Å². The van der Waals surface area contributed by atoms with Crippen LogP contribution in [0.15, 0.2) is 67.3 Å². The maximum atomic E-state index is 13.9. The Bertz CT molecular complexity index is 2080. The van der Waals surface area contributed by atoms with E-state index in [0.29, 0.717) is 56.0 Å². The van der Waals surface area contributed by atoms with Gasteiger partial charge in [-0.3, -0.25) is 29.0 Å². The molecule has 0 spiro atoms. The molecular formula is C53H75ClN4O13. The lowest BCUT2D eigenvalue weighted by molar-refractivity contribution is -0.179. The molecule has 0 saturated carbocycles. The highest BCUT2D eigenvalue weighted by atomic mass is 35.5. The second-order valence-corrected chi connectivity index (χ2v) is 19.7. The second kappa shape index (κ2) is 29.0. The summed E-state index contributed by atoms with van der Waals surface area (Å²) in [4.78, 5) is 70.9. The number of hydrogen-bond donors (Lipinski definition) is 2. The minimum Gasteiger partial charge on any atom is -0.495 e. The van der Waals surface area contributed by atoms with E-state index in [2.05, 4.69) is 51.3 Å². The smallest absolute Gasteiger partial charge is 0.347 e. The van der Waals surface area contributed by atoms with Gasteiger partial charge in [0.2, 0.25) is 11.8 Å². The summed E-state index contributed by atoms with van der Waals surface area (Å²) in [5.74, 6) is -2.52. The number of cyclic esters (lactones) is 2. The lowest BCUT2D eigenvalue weighted by Gasteiger charge is -2.34. The number of rotatable bonds is 24. The summed E-state index contributed by atoms with van der Waals surface area (Å²) in [5, 5.41) is 5.95. The third-order valence-corrected chi connectivity index (χ3v) is 12.9. The minimum atomic E-state index is -1.23. The number of piperazine rings is 1. The lowest BCUT2D eigenvalue weighted by atomic mass is 9.92. The van der Waals surface area contributed by atoms with Gasteiger partial charge >= 0.3 is 17.9 Å². The maximum Gasteiger partial charge on any atom is 0.347 e. The Kier molecular flexibility index (Phi) is 23.3. The maximum absolute atomic E-state index is 13.9. The Morgan fingerprint density at radius 3 is 2.23 bits per heavy atom. The second-order valence-electron chi connectivity index (χ2n) is 19.3. The van der Waals surface area contributed by atoms with Crippen molar-refractivity contribution in [1.29, 1.82) is 0 Å². The molecule has 2 aromatic carbocycles. The third kappa shape index (κ3) is 19.2. The Hall–Kier alpha value is -4.88. The van der Waals surface area contributed by atoms with Gasteiger partial charge in [0.1, 0.15) is 30.6 Å². The highest BCUT2D eigenvalue weighted by Gasteiger charge is 2.48. The number of ether oxygens (including phenoxy) is 8. The van der Waals surface area contributed by atoms with Crippen molar-refractivity contribution in [3.05, 3.63) is 89.0 Å². The van der Waals surface area contributed by atoms with E-state index in [1.165, 1.54) is 24.8 Å². The van der Waals surface area contributed by atoms with Gasteiger partial charge < -0.3 is 48.5 Å². The van der Waals surface area contributed by atoms with Crippen LogP contribution in [0.3, 0.4) is 0 Å². The number of carbonyl (C=O) groups excluding carboxylic acids is 5. The van der Waals surface area contributed by atoms with Crippen LogP contribution in [0.1, 0.15) is 76.7 Å². The molecule has 71 heavy (non-hydrogen) atoms. The van der Waals surface area contributed by atoms with Crippen LogP contribution in [0.5, 0.6) is 5.75 Å². The fraction of sp³-hybridized carbons (Fsp3) is 0.604. The predicted octanol–water partition coefficient (Wildman–Crippen LogP) is 5.41. The van der Waals surface area contributed by atoms with E-state index in [9.17, 15) is 24.0 Å². The average Bonchev–Trinajstić information content (AvgIpc) is 4.15. The molecule has 0 aromatic heterocycles. The van der Waals surface area contributed by atoms with Crippen molar-refractivity contribution < 1.29 is 61.9 Å². The van der Waals surface area contributed by atoms with Crippen LogP contribution in [-0.2, 0) is 70.1 Å². The average molecular weight is 1010 g/mol. The van der Waals surface area contributed by atoms with Gasteiger partial charge in [-0.15, -0.1) is 0 Å². The quantitative estimate of drug-likeness (QED) is 0.0446. The highest BCUT2D eigenvalue weighted by Crippen LogP contribution is 2.45. The highest BCUT2D eigenvalue weighted by molar-refractivity contribution is 6.32. The van der Waals surface area contributed by atoms with E-state index in [1.54, 1.807) is 38.1 Å². The summed E-state index contributed by atoms with van der Waals surface area (Å²) < 4.78 is 45.2. The fourth-order valence-corrected chi connectivity index (χ4v) is 8.46. The first-order valence-corrected chi connectivity index (χ1v) is 25.1. The molecule has 2 fully saturated rings. The first kappa shape index (κ1) is 57.0. The zero-order chi connectivity index (χ0) is 51.3. The molecule has 18 heteroatoms. The standard InChI is InChI=1S/C53H75ClN4O13/c1-8-24-68-47(60)18-25-65-27-29-67-30-28-66-26-23-57-19-21-58(22-20-57)34-38-12-15-40(16-13-38)49-48(71-49)37(4)43-10-9-11-46(59)56-42(33-39-14-17-44(64-7)41(54)32-39)50(61)55-35-53(5,6)52(63)70-45(31-36(2)3)51(62)69-43/h8-9,11-17,32,36-37,42-43,45,48-49H,1,10,18-31,33-35H2,2-7H3,(H,55,61)(H,56,59)/t37-,42+,43-,45-,48+,49+/m0/s1. The lowest BCUT2D eigenvalue weighted by Crippen LogP contribution is -2.51. The molecule has 392 valence electrons. The molecule has 2 amide bonds. The predicted molar refractivity (Wildman–Crippen MR) is 267 cm³/mol. The van der Waals surface area contributed by atoms with Crippen LogP contribution in [0.2, 0.25) is 5.02 Å². The van der Waals surface area contributed by atoms with Crippen LogP contribution in [0.4, 0.5) is 0 Å². The van der Waals surface area contributed by atoms with Gasteiger partial charge in [-0.05, 0) is 61.1 Å².